The maximum Gasteiger partial charge on any atom is 0.422 e. The molecule has 0 unspecified atom stereocenters. The van der Waals surface area contributed by atoms with Gasteiger partial charge in [0.1, 0.15) is 0 Å². The van der Waals surface area contributed by atoms with Crippen molar-refractivity contribution in [2.75, 3.05) is 18.9 Å². The molecule has 0 radical (unpaired) electrons. The molecule has 2 heterocycles. The number of carbonyl (C=O) groups is 1. The second-order valence-electron chi connectivity index (χ2n) is 3.73. The van der Waals surface area contributed by atoms with Crippen LogP contribution in [0.25, 0.3) is 5.78 Å². The van der Waals surface area contributed by atoms with Crippen molar-refractivity contribution in [2.24, 2.45) is 0 Å². The van der Waals surface area contributed by atoms with Crippen molar-refractivity contribution in [3.63, 3.8) is 0 Å². The Bertz CT molecular complexity index is 585. The number of ether oxygens (including phenoxy) is 1. The highest BCUT2D eigenvalue weighted by Gasteiger charge is 2.29. The molecule has 2 aromatic rings. The van der Waals surface area contributed by atoms with E-state index in [1.807, 2.05) is 0 Å². The van der Waals surface area contributed by atoms with Crippen molar-refractivity contribution in [2.45, 2.75) is 11.3 Å². The molecule has 0 bridgehead atoms. The minimum atomic E-state index is -4.53. The number of nitrogens with one attached hydrogen (secondary N) is 1. The van der Waals surface area contributed by atoms with Crippen LogP contribution in [0.2, 0.25) is 0 Å². The number of alkyl carbamates (subject to hydrolysis) is 1. The molecule has 0 aliphatic rings. The third-order valence-corrected chi connectivity index (χ3v) is 2.91. The number of aromatic nitrogens is 4. The molecule has 7 nitrogen and oxygen atoms in total. The minimum Gasteiger partial charge on any atom is -0.440 e. The lowest BCUT2D eigenvalue weighted by Crippen LogP contribution is -2.30. The number of halogens is 3. The Kier molecular flexibility index (Phi) is 4.83. The van der Waals surface area contributed by atoms with E-state index in [0.29, 0.717) is 16.7 Å². The van der Waals surface area contributed by atoms with Gasteiger partial charge in [0.05, 0.1) is 0 Å². The first kappa shape index (κ1) is 15.4. The lowest BCUT2D eigenvalue weighted by molar-refractivity contribution is -0.160. The molecule has 0 saturated heterocycles. The van der Waals surface area contributed by atoms with Crippen LogP contribution in [0.4, 0.5) is 18.0 Å². The van der Waals surface area contributed by atoms with Crippen LogP contribution in [-0.4, -0.2) is 50.8 Å². The number of hydrogen-bond acceptors (Lipinski definition) is 6. The molecule has 1 N–H and O–H groups in total. The molecule has 0 fully saturated rings. The zero-order valence-electron chi connectivity index (χ0n) is 10.5. The van der Waals surface area contributed by atoms with Crippen molar-refractivity contribution >= 4 is 23.6 Å². The third-order valence-electron chi connectivity index (χ3n) is 2.07. The van der Waals surface area contributed by atoms with Crippen LogP contribution in [0.15, 0.2) is 23.6 Å². The zero-order chi connectivity index (χ0) is 15.3. The molecule has 0 aromatic carbocycles. The van der Waals surface area contributed by atoms with Gasteiger partial charge >= 0.3 is 12.3 Å². The average molecular weight is 321 g/mol. The van der Waals surface area contributed by atoms with Crippen LogP contribution >= 0.6 is 11.8 Å². The highest BCUT2D eigenvalue weighted by atomic mass is 32.2. The fourth-order valence-corrected chi connectivity index (χ4v) is 1.95. The van der Waals surface area contributed by atoms with Crippen LogP contribution in [-0.2, 0) is 4.74 Å². The number of fused-ring (bicyclic) bond motifs is 1. The molecule has 0 spiro atoms. The van der Waals surface area contributed by atoms with Gasteiger partial charge in [-0.2, -0.15) is 18.2 Å². The zero-order valence-corrected chi connectivity index (χ0v) is 11.3. The molecule has 114 valence electrons. The summed E-state index contributed by atoms with van der Waals surface area (Å²) in [5, 5.41) is 6.77. The number of hydrogen-bond donors (Lipinski definition) is 1. The summed E-state index contributed by atoms with van der Waals surface area (Å²) >= 11 is 1.24. The molecule has 0 saturated carbocycles. The van der Waals surface area contributed by atoms with E-state index < -0.39 is 18.9 Å². The topological polar surface area (TPSA) is 81.4 Å². The van der Waals surface area contributed by atoms with Gasteiger partial charge in [0.15, 0.2) is 6.61 Å². The molecule has 2 rings (SSSR count). The van der Waals surface area contributed by atoms with Crippen molar-refractivity contribution in [1.29, 1.82) is 0 Å². The van der Waals surface area contributed by atoms with Crippen LogP contribution in [0, 0.1) is 0 Å². The number of amides is 1. The van der Waals surface area contributed by atoms with Gasteiger partial charge in [-0.05, 0) is 6.07 Å². The van der Waals surface area contributed by atoms with Gasteiger partial charge in [-0.1, -0.05) is 11.8 Å². The number of nitrogens with zero attached hydrogens (tertiary/aromatic N) is 4. The van der Waals surface area contributed by atoms with Gasteiger partial charge in [0.25, 0.3) is 5.78 Å². The maximum atomic E-state index is 11.8. The molecular formula is C10H10F3N5O2S. The minimum absolute atomic E-state index is 0.129. The second-order valence-corrected chi connectivity index (χ2v) is 4.79. The largest absolute Gasteiger partial charge is 0.440 e. The molecule has 11 heteroatoms. The van der Waals surface area contributed by atoms with E-state index in [0.717, 1.165) is 0 Å². The number of thioether (sulfide) groups is 1. The standard InChI is InChI=1S/C10H10F3N5O2S/c11-10(12,13)6-20-9(19)15-3-5-21-8-16-7-14-2-1-4-18(7)17-8/h1-2,4H,3,5-6H2,(H,15,19). The van der Waals surface area contributed by atoms with Crippen LogP contribution < -0.4 is 5.32 Å². The fraction of sp³-hybridized carbons (Fsp3) is 0.400. The average Bonchev–Trinajstić information content (AvgIpc) is 2.83. The van der Waals surface area contributed by atoms with Gasteiger partial charge < -0.3 is 10.1 Å². The van der Waals surface area contributed by atoms with E-state index >= 15 is 0 Å². The molecule has 21 heavy (non-hydrogen) atoms. The summed E-state index contributed by atoms with van der Waals surface area (Å²) in [5.74, 6) is 0.829. The third kappa shape index (κ3) is 5.10. The number of alkyl halides is 3. The Morgan fingerprint density at radius 3 is 3.00 bits per heavy atom. The maximum absolute atomic E-state index is 11.8. The Labute approximate surface area is 120 Å². The van der Waals surface area contributed by atoms with Crippen molar-refractivity contribution in [3.05, 3.63) is 18.5 Å². The predicted molar refractivity (Wildman–Crippen MR) is 66.9 cm³/mol. The Balaban J connectivity index is 1.68. The van der Waals surface area contributed by atoms with E-state index in [-0.39, 0.29) is 6.54 Å². The second kappa shape index (κ2) is 6.61. The van der Waals surface area contributed by atoms with Gasteiger partial charge in [0, 0.05) is 24.7 Å². The molecule has 0 aliphatic heterocycles. The summed E-state index contributed by atoms with van der Waals surface area (Å²) in [5.41, 5.74) is 0. The first-order valence-electron chi connectivity index (χ1n) is 5.71. The van der Waals surface area contributed by atoms with Crippen LogP contribution in [0.3, 0.4) is 0 Å². The quantitative estimate of drug-likeness (QED) is 0.664. The van der Waals surface area contributed by atoms with E-state index in [1.54, 1.807) is 18.5 Å². The molecule has 0 atom stereocenters. The summed E-state index contributed by atoms with van der Waals surface area (Å²) in [4.78, 5) is 19.0. The Hall–Kier alpha value is -2.04. The highest BCUT2D eigenvalue weighted by molar-refractivity contribution is 7.99. The van der Waals surface area contributed by atoms with Gasteiger partial charge in [-0.25, -0.2) is 14.3 Å². The lowest BCUT2D eigenvalue weighted by atomic mass is 10.7. The SMILES string of the molecule is O=C(NCCSc1nc2ncccn2n1)OCC(F)(F)F. The van der Waals surface area contributed by atoms with E-state index in [1.165, 1.54) is 16.3 Å². The summed E-state index contributed by atoms with van der Waals surface area (Å²) < 4.78 is 40.8. The van der Waals surface area contributed by atoms with E-state index in [4.69, 9.17) is 0 Å². The first-order chi connectivity index (χ1) is 9.94. The smallest absolute Gasteiger partial charge is 0.422 e. The number of carbonyl (C=O) groups excluding carboxylic acids is 1. The van der Waals surface area contributed by atoms with Crippen LogP contribution in [0.1, 0.15) is 0 Å². The van der Waals surface area contributed by atoms with E-state index in [2.05, 4.69) is 25.1 Å². The predicted octanol–water partition coefficient (Wildman–Crippen LogP) is 1.50. The van der Waals surface area contributed by atoms with Crippen LogP contribution in [0.5, 0.6) is 0 Å². The monoisotopic (exact) mass is 321 g/mol. The summed E-state index contributed by atoms with van der Waals surface area (Å²) in [6.45, 7) is -1.48. The lowest BCUT2D eigenvalue weighted by Gasteiger charge is -2.08. The summed E-state index contributed by atoms with van der Waals surface area (Å²) in [6.07, 6.45) is -2.37. The van der Waals surface area contributed by atoms with E-state index in [9.17, 15) is 18.0 Å². The molecular weight excluding hydrogens is 311 g/mol. The molecule has 1 amide bonds. The van der Waals surface area contributed by atoms with Crippen molar-refractivity contribution in [1.82, 2.24) is 24.9 Å². The van der Waals surface area contributed by atoms with Crippen molar-refractivity contribution in [3.8, 4) is 0 Å². The fourth-order valence-electron chi connectivity index (χ4n) is 1.27. The van der Waals surface area contributed by atoms with Gasteiger partial charge in [0.2, 0.25) is 5.16 Å². The number of rotatable bonds is 5. The Morgan fingerprint density at radius 1 is 1.48 bits per heavy atom. The summed E-state index contributed by atoms with van der Waals surface area (Å²) in [7, 11) is 0. The normalized spacial score (nSPS) is 11.6. The Morgan fingerprint density at radius 2 is 2.29 bits per heavy atom. The summed E-state index contributed by atoms with van der Waals surface area (Å²) in [6, 6.07) is 1.70. The molecule has 0 aliphatic carbocycles. The first-order valence-corrected chi connectivity index (χ1v) is 6.70. The van der Waals surface area contributed by atoms with Gasteiger partial charge in [-0.15, -0.1) is 5.10 Å². The van der Waals surface area contributed by atoms with Gasteiger partial charge in [-0.3, -0.25) is 0 Å². The highest BCUT2D eigenvalue weighted by Crippen LogP contribution is 2.14. The molecule has 2 aromatic heterocycles. The van der Waals surface area contributed by atoms with Crippen molar-refractivity contribution < 1.29 is 22.7 Å².